The van der Waals surface area contributed by atoms with Gasteiger partial charge >= 0.3 is 11.9 Å². The van der Waals surface area contributed by atoms with Gasteiger partial charge in [0.2, 0.25) is 0 Å². The molecule has 0 aromatic carbocycles. The SMILES string of the molecule is CCCCCCC(C(=O)O)C(CCCCCC)C(=O)O.[Na]. The first-order valence-electron chi connectivity index (χ1n) is 8.00. The molecule has 0 heterocycles. The molecule has 0 saturated heterocycles. The van der Waals surface area contributed by atoms with Crippen molar-refractivity contribution < 1.29 is 19.8 Å². The molecular formula is C16H30NaO4. The van der Waals surface area contributed by atoms with Gasteiger partial charge in [-0.2, -0.15) is 0 Å². The Bertz CT molecular complexity index is 253. The molecule has 0 amide bonds. The number of unbranched alkanes of at least 4 members (excludes halogenated alkanes) is 6. The number of carboxylic acids is 2. The Morgan fingerprint density at radius 1 is 0.714 bits per heavy atom. The van der Waals surface area contributed by atoms with Crippen molar-refractivity contribution in [1.29, 1.82) is 0 Å². The molecule has 4 nitrogen and oxygen atoms in total. The van der Waals surface area contributed by atoms with Crippen LogP contribution >= 0.6 is 0 Å². The maximum atomic E-state index is 11.3. The molecule has 0 rings (SSSR count). The third-order valence-electron chi connectivity index (χ3n) is 3.86. The Morgan fingerprint density at radius 3 is 1.29 bits per heavy atom. The molecule has 0 aliphatic heterocycles. The molecule has 0 fully saturated rings. The summed E-state index contributed by atoms with van der Waals surface area (Å²) in [6, 6.07) is 0. The number of carboxylic acid groups (broad SMARTS) is 2. The van der Waals surface area contributed by atoms with Crippen molar-refractivity contribution in [3.63, 3.8) is 0 Å². The Hall–Kier alpha value is -0.0600. The molecule has 2 unspecified atom stereocenters. The quantitative estimate of drug-likeness (QED) is 0.399. The predicted molar refractivity (Wildman–Crippen MR) is 85.5 cm³/mol. The minimum Gasteiger partial charge on any atom is -0.481 e. The molecular weight excluding hydrogens is 279 g/mol. The van der Waals surface area contributed by atoms with E-state index in [4.69, 9.17) is 0 Å². The average molecular weight is 309 g/mol. The first-order chi connectivity index (χ1) is 9.54. The Balaban J connectivity index is 0. The molecule has 0 aliphatic rings. The van der Waals surface area contributed by atoms with Gasteiger partial charge in [0.05, 0.1) is 11.8 Å². The van der Waals surface area contributed by atoms with Crippen LogP contribution in [0, 0.1) is 11.8 Å². The van der Waals surface area contributed by atoms with Crippen molar-refractivity contribution in [3.05, 3.63) is 0 Å². The van der Waals surface area contributed by atoms with Crippen LogP contribution < -0.4 is 0 Å². The zero-order chi connectivity index (χ0) is 15.4. The molecule has 21 heavy (non-hydrogen) atoms. The first kappa shape index (κ1) is 23.2. The summed E-state index contributed by atoms with van der Waals surface area (Å²) in [6.45, 7) is 4.20. The van der Waals surface area contributed by atoms with Gasteiger partial charge in [0.25, 0.3) is 0 Å². The van der Waals surface area contributed by atoms with E-state index in [0.29, 0.717) is 12.8 Å². The molecule has 2 atom stereocenters. The second kappa shape index (κ2) is 14.9. The van der Waals surface area contributed by atoms with Gasteiger partial charge < -0.3 is 10.2 Å². The van der Waals surface area contributed by atoms with Crippen LogP contribution in [0.25, 0.3) is 0 Å². The van der Waals surface area contributed by atoms with E-state index >= 15 is 0 Å². The molecule has 0 aliphatic carbocycles. The third-order valence-corrected chi connectivity index (χ3v) is 3.86. The Morgan fingerprint density at radius 2 is 1.05 bits per heavy atom. The predicted octanol–water partition coefficient (Wildman–Crippen LogP) is 3.95. The Labute approximate surface area is 151 Å². The van der Waals surface area contributed by atoms with Crippen molar-refractivity contribution in [3.8, 4) is 0 Å². The average Bonchev–Trinajstić information content (AvgIpc) is 2.39. The van der Waals surface area contributed by atoms with Crippen molar-refractivity contribution in [2.45, 2.75) is 78.1 Å². The topological polar surface area (TPSA) is 74.6 Å². The molecule has 0 spiro atoms. The fourth-order valence-corrected chi connectivity index (χ4v) is 2.58. The van der Waals surface area contributed by atoms with Crippen molar-refractivity contribution >= 4 is 41.5 Å². The maximum Gasteiger partial charge on any atom is 0.307 e. The first-order valence-corrected chi connectivity index (χ1v) is 8.00. The van der Waals surface area contributed by atoms with E-state index in [0.717, 1.165) is 51.4 Å². The zero-order valence-electron chi connectivity index (χ0n) is 13.9. The second-order valence-corrected chi connectivity index (χ2v) is 5.59. The van der Waals surface area contributed by atoms with Gasteiger partial charge in [0.1, 0.15) is 0 Å². The normalized spacial score (nSPS) is 13.2. The van der Waals surface area contributed by atoms with Gasteiger partial charge in [-0.25, -0.2) is 0 Å². The van der Waals surface area contributed by atoms with Crippen LogP contribution in [-0.4, -0.2) is 51.7 Å². The van der Waals surface area contributed by atoms with Gasteiger partial charge in [0.15, 0.2) is 0 Å². The van der Waals surface area contributed by atoms with E-state index in [1.165, 1.54) is 0 Å². The minimum absolute atomic E-state index is 0. The molecule has 5 heteroatoms. The van der Waals surface area contributed by atoms with Gasteiger partial charge in [-0.15, -0.1) is 0 Å². The number of aliphatic carboxylic acids is 2. The van der Waals surface area contributed by atoms with Gasteiger partial charge in [-0.05, 0) is 12.8 Å². The summed E-state index contributed by atoms with van der Waals surface area (Å²) in [5.41, 5.74) is 0. The summed E-state index contributed by atoms with van der Waals surface area (Å²) in [7, 11) is 0. The molecule has 1 radical (unpaired) electrons. The molecule has 119 valence electrons. The Kier molecular flexibility index (Phi) is 16.4. The fourth-order valence-electron chi connectivity index (χ4n) is 2.58. The molecule has 2 N–H and O–H groups in total. The van der Waals surface area contributed by atoms with Crippen LogP contribution in [0.4, 0.5) is 0 Å². The number of rotatable bonds is 13. The molecule has 0 aromatic heterocycles. The van der Waals surface area contributed by atoms with Crippen molar-refractivity contribution in [2.75, 3.05) is 0 Å². The fraction of sp³-hybridized carbons (Fsp3) is 0.875. The van der Waals surface area contributed by atoms with E-state index < -0.39 is 23.8 Å². The van der Waals surface area contributed by atoms with Gasteiger partial charge in [0, 0.05) is 29.6 Å². The summed E-state index contributed by atoms with van der Waals surface area (Å²) in [4.78, 5) is 22.7. The largest absolute Gasteiger partial charge is 0.481 e. The van der Waals surface area contributed by atoms with E-state index in [9.17, 15) is 19.8 Å². The van der Waals surface area contributed by atoms with E-state index in [-0.39, 0.29) is 29.6 Å². The minimum atomic E-state index is -0.954. The number of carbonyl (C=O) groups is 2. The summed E-state index contributed by atoms with van der Waals surface area (Å²) < 4.78 is 0. The zero-order valence-corrected chi connectivity index (χ0v) is 15.9. The molecule has 0 bridgehead atoms. The molecule has 0 aromatic rings. The van der Waals surface area contributed by atoms with Gasteiger partial charge in [-0.1, -0.05) is 65.2 Å². The number of hydrogen-bond donors (Lipinski definition) is 2. The smallest absolute Gasteiger partial charge is 0.307 e. The van der Waals surface area contributed by atoms with Gasteiger partial charge in [-0.3, -0.25) is 9.59 Å². The third kappa shape index (κ3) is 11.2. The van der Waals surface area contributed by atoms with Crippen LogP contribution in [0.5, 0.6) is 0 Å². The van der Waals surface area contributed by atoms with Crippen molar-refractivity contribution in [2.24, 2.45) is 11.8 Å². The van der Waals surface area contributed by atoms with Crippen LogP contribution in [0.2, 0.25) is 0 Å². The number of hydrogen-bond acceptors (Lipinski definition) is 2. The maximum absolute atomic E-state index is 11.3. The van der Waals surface area contributed by atoms with Crippen LogP contribution in [0.3, 0.4) is 0 Å². The van der Waals surface area contributed by atoms with E-state index in [1.54, 1.807) is 0 Å². The summed E-state index contributed by atoms with van der Waals surface area (Å²) in [5.74, 6) is -3.37. The van der Waals surface area contributed by atoms with Crippen LogP contribution in [-0.2, 0) is 9.59 Å². The van der Waals surface area contributed by atoms with Crippen LogP contribution in [0.1, 0.15) is 78.1 Å². The van der Waals surface area contributed by atoms with Crippen molar-refractivity contribution in [1.82, 2.24) is 0 Å². The standard InChI is InChI=1S/C16H30O4.Na/c1-3-5-7-9-11-13(15(17)18)14(16(19)20)12-10-8-6-4-2;/h13-14H,3-12H2,1-2H3,(H,17,18)(H,19,20);. The second-order valence-electron chi connectivity index (χ2n) is 5.59. The monoisotopic (exact) mass is 309 g/mol. The summed E-state index contributed by atoms with van der Waals surface area (Å²) in [5, 5.41) is 18.6. The summed E-state index contributed by atoms with van der Waals surface area (Å²) in [6.07, 6.45) is 8.92. The van der Waals surface area contributed by atoms with E-state index in [1.807, 2.05) is 0 Å². The van der Waals surface area contributed by atoms with E-state index in [2.05, 4.69) is 13.8 Å². The summed E-state index contributed by atoms with van der Waals surface area (Å²) >= 11 is 0. The van der Waals surface area contributed by atoms with Crippen LogP contribution in [0.15, 0.2) is 0 Å². The molecule has 0 saturated carbocycles.